The summed E-state index contributed by atoms with van der Waals surface area (Å²) in [5.41, 5.74) is 0.314. The molecule has 2 aromatic rings. The van der Waals surface area contributed by atoms with Gasteiger partial charge in [0.2, 0.25) is 0 Å². The lowest BCUT2D eigenvalue weighted by Gasteiger charge is -2.34. The normalized spacial score (nSPS) is 14.3. The number of aryl methyl sites for hydroxylation is 1. The molecule has 1 aromatic carbocycles. The molecule has 1 aromatic heterocycles. The highest BCUT2D eigenvalue weighted by Crippen LogP contribution is 2.35. The van der Waals surface area contributed by atoms with Crippen molar-refractivity contribution in [2.75, 3.05) is 0 Å². The van der Waals surface area contributed by atoms with Gasteiger partial charge in [0.15, 0.2) is 0 Å². The molecule has 1 heterocycles. The Morgan fingerprint density at radius 1 is 1.23 bits per heavy atom. The van der Waals surface area contributed by atoms with Crippen LogP contribution in [0.3, 0.4) is 0 Å². The fourth-order valence-corrected chi connectivity index (χ4v) is 2.67. The van der Waals surface area contributed by atoms with Gasteiger partial charge >= 0.3 is 6.61 Å². The molecule has 0 aliphatic rings. The summed E-state index contributed by atoms with van der Waals surface area (Å²) < 4.78 is 28.9. The summed E-state index contributed by atoms with van der Waals surface area (Å²) in [6.07, 6.45) is -1.17. The highest BCUT2D eigenvalue weighted by atomic mass is 19.3. The van der Waals surface area contributed by atoms with Gasteiger partial charge in [0.1, 0.15) is 17.8 Å². The molecule has 1 unspecified atom stereocenters. The first-order chi connectivity index (χ1) is 12.1. The molecule has 6 nitrogen and oxygen atoms in total. The maximum atomic E-state index is 12.3. The van der Waals surface area contributed by atoms with E-state index < -0.39 is 12.8 Å². The van der Waals surface area contributed by atoms with Gasteiger partial charge in [-0.25, -0.2) is 4.98 Å². The van der Waals surface area contributed by atoms with Gasteiger partial charge in [-0.2, -0.15) is 8.78 Å². The lowest BCUT2D eigenvalue weighted by molar-refractivity contribution is -0.0498. The average molecular weight is 367 g/mol. The molecule has 0 radical (unpaired) electrons. The van der Waals surface area contributed by atoms with E-state index in [9.17, 15) is 18.7 Å². The molecule has 142 valence electrons. The number of benzene rings is 1. The number of ether oxygens (including phenoxy) is 1. The lowest BCUT2D eigenvalue weighted by Crippen LogP contribution is -2.36. The second kappa shape index (κ2) is 7.92. The quantitative estimate of drug-likeness (QED) is 0.683. The molecule has 0 aliphatic heterocycles. The van der Waals surface area contributed by atoms with Gasteiger partial charge < -0.3 is 14.8 Å². The van der Waals surface area contributed by atoms with Crippen LogP contribution in [0.1, 0.15) is 50.1 Å². The third kappa shape index (κ3) is 5.34. The van der Waals surface area contributed by atoms with E-state index in [-0.39, 0.29) is 28.5 Å². The number of aromatic amines is 1. The Balaban J connectivity index is 2.26. The highest BCUT2D eigenvalue weighted by Gasteiger charge is 2.29. The zero-order chi connectivity index (χ0) is 19.5. The van der Waals surface area contributed by atoms with Crippen LogP contribution in [0.15, 0.2) is 35.1 Å². The first-order valence-electron chi connectivity index (χ1n) is 8.13. The van der Waals surface area contributed by atoms with Crippen molar-refractivity contribution >= 4 is 0 Å². The number of alkyl halides is 2. The van der Waals surface area contributed by atoms with Crippen molar-refractivity contribution in [1.82, 2.24) is 15.3 Å². The van der Waals surface area contributed by atoms with Gasteiger partial charge in [0, 0.05) is 12.1 Å². The Morgan fingerprint density at radius 3 is 2.35 bits per heavy atom. The number of H-pyrrole nitrogens is 1. The third-order valence-electron chi connectivity index (χ3n) is 3.79. The SMILES string of the molecule is Cc1nc(C(O)N[C@@H](c2ccc(OC(F)F)cc2)C(C)(C)C)cc(=O)[nH]1. The Kier molecular flexibility index (Phi) is 6.09. The van der Waals surface area contributed by atoms with Crippen LogP contribution in [0.4, 0.5) is 8.78 Å². The van der Waals surface area contributed by atoms with Gasteiger partial charge in [-0.1, -0.05) is 32.9 Å². The maximum absolute atomic E-state index is 12.3. The summed E-state index contributed by atoms with van der Waals surface area (Å²) in [6, 6.07) is 7.10. The van der Waals surface area contributed by atoms with Crippen LogP contribution in [0, 0.1) is 12.3 Å². The lowest BCUT2D eigenvalue weighted by atomic mass is 9.82. The van der Waals surface area contributed by atoms with Crippen LogP contribution in [0.5, 0.6) is 5.75 Å². The van der Waals surface area contributed by atoms with E-state index in [1.54, 1.807) is 19.1 Å². The largest absolute Gasteiger partial charge is 0.435 e. The van der Waals surface area contributed by atoms with E-state index in [2.05, 4.69) is 20.0 Å². The molecular formula is C18H23F2N3O3. The van der Waals surface area contributed by atoms with Crippen LogP contribution in [0.25, 0.3) is 0 Å². The van der Waals surface area contributed by atoms with Crippen LogP contribution in [-0.4, -0.2) is 21.7 Å². The van der Waals surface area contributed by atoms with Gasteiger partial charge in [-0.05, 0) is 30.0 Å². The van der Waals surface area contributed by atoms with Crippen LogP contribution < -0.4 is 15.6 Å². The Labute approximate surface area is 150 Å². The number of hydrogen-bond acceptors (Lipinski definition) is 5. The van der Waals surface area contributed by atoms with Crippen molar-refractivity contribution < 1.29 is 18.6 Å². The fraction of sp³-hybridized carbons (Fsp3) is 0.444. The van der Waals surface area contributed by atoms with Crippen molar-refractivity contribution in [3.05, 3.63) is 57.8 Å². The minimum Gasteiger partial charge on any atom is -0.435 e. The summed E-state index contributed by atoms with van der Waals surface area (Å²) in [4.78, 5) is 18.2. The number of hydrogen-bond donors (Lipinski definition) is 3. The van der Waals surface area contributed by atoms with Crippen LogP contribution >= 0.6 is 0 Å². The minimum absolute atomic E-state index is 0.0591. The maximum Gasteiger partial charge on any atom is 0.387 e. The fourth-order valence-electron chi connectivity index (χ4n) is 2.67. The smallest absolute Gasteiger partial charge is 0.387 e. The van der Waals surface area contributed by atoms with Gasteiger partial charge in [0.05, 0.1) is 5.69 Å². The second-order valence-electron chi connectivity index (χ2n) is 7.07. The molecule has 2 atom stereocenters. The molecule has 26 heavy (non-hydrogen) atoms. The second-order valence-corrected chi connectivity index (χ2v) is 7.07. The van der Waals surface area contributed by atoms with Crippen molar-refractivity contribution in [1.29, 1.82) is 0 Å². The topological polar surface area (TPSA) is 87.2 Å². The van der Waals surface area contributed by atoms with E-state index in [1.807, 2.05) is 20.8 Å². The Morgan fingerprint density at radius 2 is 1.85 bits per heavy atom. The average Bonchev–Trinajstić information content (AvgIpc) is 2.50. The molecule has 2 rings (SSSR count). The molecule has 0 bridgehead atoms. The summed E-state index contributed by atoms with van der Waals surface area (Å²) in [5.74, 6) is 0.456. The molecule has 0 amide bonds. The number of rotatable bonds is 6. The number of aromatic nitrogens is 2. The molecule has 3 N–H and O–H groups in total. The molecule has 0 spiro atoms. The zero-order valence-corrected chi connectivity index (χ0v) is 15.1. The first-order valence-corrected chi connectivity index (χ1v) is 8.13. The monoisotopic (exact) mass is 367 g/mol. The summed E-state index contributed by atoms with van der Waals surface area (Å²) >= 11 is 0. The van der Waals surface area contributed by atoms with Crippen LogP contribution in [-0.2, 0) is 0 Å². The number of nitrogens with zero attached hydrogens (tertiary/aromatic N) is 1. The molecule has 0 fully saturated rings. The summed E-state index contributed by atoms with van der Waals surface area (Å²) in [6.45, 7) is 4.65. The number of aliphatic hydroxyl groups is 1. The molecule has 0 aliphatic carbocycles. The predicted molar refractivity (Wildman–Crippen MR) is 93.0 cm³/mol. The zero-order valence-electron chi connectivity index (χ0n) is 15.1. The molecule has 0 saturated heterocycles. The van der Waals surface area contributed by atoms with E-state index in [0.29, 0.717) is 5.82 Å². The third-order valence-corrected chi connectivity index (χ3v) is 3.79. The predicted octanol–water partition coefficient (Wildman–Crippen LogP) is 3.05. The van der Waals surface area contributed by atoms with Crippen molar-refractivity contribution in [2.45, 2.75) is 46.6 Å². The number of halogens is 2. The van der Waals surface area contributed by atoms with E-state index in [1.165, 1.54) is 18.2 Å². The molecule has 8 heteroatoms. The first kappa shape index (κ1) is 20.0. The minimum atomic E-state index is -2.88. The van der Waals surface area contributed by atoms with Crippen molar-refractivity contribution in [2.24, 2.45) is 5.41 Å². The Bertz CT molecular complexity index is 786. The van der Waals surface area contributed by atoms with Crippen molar-refractivity contribution in [3.8, 4) is 5.75 Å². The summed E-state index contributed by atoms with van der Waals surface area (Å²) in [7, 11) is 0. The van der Waals surface area contributed by atoms with Crippen LogP contribution in [0.2, 0.25) is 0 Å². The van der Waals surface area contributed by atoms with Gasteiger partial charge in [0.25, 0.3) is 5.56 Å². The Hall–Kier alpha value is -2.32. The van der Waals surface area contributed by atoms with E-state index >= 15 is 0 Å². The van der Waals surface area contributed by atoms with Gasteiger partial charge in [-0.3, -0.25) is 10.1 Å². The highest BCUT2D eigenvalue weighted by molar-refractivity contribution is 5.30. The summed E-state index contributed by atoms with van der Waals surface area (Å²) in [5, 5.41) is 13.5. The van der Waals surface area contributed by atoms with Crippen molar-refractivity contribution in [3.63, 3.8) is 0 Å². The number of nitrogens with one attached hydrogen (secondary N) is 2. The van der Waals surface area contributed by atoms with E-state index in [0.717, 1.165) is 5.56 Å². The van der Waals surface area contributed by atoms with E-state index in [4.69, 9.17) is 0 Å². The number of aliphatic hydroxyl groups excluding tert-OH is 1. The standard InChI is InChI=1S/C18H23F2N3O3/c1-10-21-13(9-14(24)22-10)16(25)23-15(18(2,3)4)11-5-7-12(8-6-11)26-17(19)20/h5-9,15-17,23,25H,1-4H3,(H,21,22,24)/t15-,16?/m0/s1. The molecular weight excluding hydrogens is 344 g/mol. The molecule has 0 saturated carbocycles. The van der Waals surface area contributed by atoms with Gasteiger partial charge in [-0.15, -0.1) is 0 Å².